The lowest BCUT2D eigenvalue weighted by molar-refractivity contribution is -0.136. The van der Waals surface area contributed by atoms with Crippen molar-refractivity contribution in [3.8, 4) is 0 Å². The molecule has 0 aromatic carbocycles. The van der Waals surface area contributed by atoms with Gasteiger partial charge in [0.2, 0.25) is 0 Å². The second-order valence-corrected chi connectivity index (χ2v) is 8.15. The number of aromatic nitrogens is 2. The van der Waals surface area contributed by atoms with Crippen LogP contribution in [-0.2, 0) is 10.2 Å². The summed E-state index contributed by atoms with van der Waals surface area (Å²) in [6.07, 6.45) is 1.71. The molecule has 3 N–H and O–H groups in total. The summed E-state index contributed by atoms with van der Waals surface area (Å²) in [6.45, 7) is 6.60. The minimum atomic E-state index is -0.786. The number of H-pyrrole nitrogens is 1. The quantitative estimate of drug-likeness (QED) is 0.500. The fourth-order valence-corrected chi connectivity index (χ4v) is 3.46. The number of nitrogens with zero attached hydrogens (tertiary/aromatic N) is 1. The summed E-state index contributed by atoms with van der Waals surface area (Å²) >= 11 is 0. The van der Waals surface area contributed by atoms with Gasteiger partial charge in [-0.2, -0.15) is 5.10 Å². The number of carboxylic acids is 1. The van der Waals surface area contributed by atoms with Gasteiger partial charge < -0.3 is 10.4 Å². The summed E-state index contributed by atoms with van der Waals surface area (Å²) in [7, 11) is 3.06. The van der Waals surface area contributed by atoms with Crippen LogP contribution in [0.5, 0.6) is 0 Å². The monoisotopic (exact) mass is 331 g/mol. The maximum absolute atomic E-state index is 12.1. The van der Waals surface area contributed by atoms with Gasteiger partial charge in [-0.05, 0) is 0 Å². The highest BCUT2D eigenvalue weighted by atomic mass is 33.1. The first-order valence-corrected chi connectivity index (χ1v) is 9.09. The molecule has 21 heavy (non-hydrogen) atoms. The number of rotatable bonds is 8. The van der Waals surface area contributed by atoms with Gasteiger partial charge in [0.15, 0.2) is 0 Å². The second-order valence-electron chi connectivity index (χ2n) is 5.45. The molecule has 0 fully saturated rings. The van der Waals surface area contributed by atoms with Gasteiger partial charge in [-0.15, -0.1) is 0 Å². The van der Waals surface area contributed by atoms with Crippen LogP contribution < -0.4 is 5.32 Å². The van der Waals surface area contributed by atoms with Crippen LogP contribution >= 0.6 is 21.6 Å². The SMILES string of the molecule is CC(C)(C)c1[nH]ncc1C(=O)NCCSSCCC(=O)O. The van der Waals surface area contributed by atoms with Crippen LogP contribution in [0.4, 0.5) is 0 Å². The third kappa shape index (κ3) is 6.43. The van der Waals surface area contributed by atoms with Gasteiger partial charge in [-0.1, -0.05) is 42.4 Å². The lowest BCUT2D eigenvalue weighted by atomic mass is 9.89. The van der Waals surface area contributed by atoms with Crippen molar-refractivity contribution in [2.75, 3.05) is 18.1 Å². The highest BCUT2D eigenvalue weighted by molar-refractivity contribution is 8.76. The van der Waals surface area contributed by atoms with E-state index in [1.807, 2.05) is 20.8 Å². The number of hydrogen-bond acceptors (Lipinski definition) is 5. The van der Waals surface area contributed by atoms with Gasteiger partial charge >= 0.3 is 5.97 Å². The third-order valence-corrected chi connectivity index (χ3v) is 5.00. The molecule has 0 saturated carbocycles. The maximum atomic E-state index is 12.1. The number of hydrogen-bond donors (Lipinski definition) is 3. The Morgan fingerprint density at radius 2 is 2.00 bits per heavy atom. The van der Waals surface area contributed by atoms with Gasteiger partial charge in [0, 0.05) is 23.5 Å². The van der Waals surface area contributed by atoms with Crippen LogP contribution in [-0.4, -0.2) is 45.2 Å². The Labute approximate surface area is 132 Å². The van der Waals surface area contributed by atoms with Gasteiger partial charge in [0.05, 0.1) is 23.9 Å². The second kappa shape index (κ2) is 8.33. The van der Waals surface area contributed by atoms with E-state index in [4.69, 9.17) is 5.11 Å². The van der Waals surface area contributed by atoms with Crippen molar-refractivity contribution >= 4 is 33.5 Å². The molecular formula is C13H21N3O3S2. The van der Waals surface area contributed by atoms with Crippen LogP contribution in [0.25, 0.3) is 0 Å². The van der Waals surface area contributed by atoms with Crippen molar-refractivity contribution in [3.63, 3.8) is 0 Å². The number of carbonyl (C=O) groups excluding carboxylic acids is 1. The zero-order valence-corrected chi connectivity index (χ0v) is 14.1. The lowest BCUT2D eigenvalue weighted by Gasteiger charge is -2.17. The van der Waals surface area contributed by atoms with Crippen LogP contribution in [0.3, 0.4) is 0 Å². The average Bonchev–Trinajstić information content (AvgIpc) is 2.86. The molecule has 0 saturated heterocycles. The highest BCUT2D eigenvalue weighted by Gasteiger charge is 2.23. The minimum Gasteiger partial charge on any atom is -0.481 e. The Morgan fingerprint density at radius 1 is 1.33 bits per heavy atom. The van der Waals surface area contributed by atoms with Gasteiger partial charge in [-0.25, -0.2) is 0 Å². The van der Waals surface area contributed by atoms with E-state index in [9.17, 15) is 9.59 Å². The Hall–Kier alpha value is -1.15. The van der Waals surface area contributed by atoms with Crippen LogP contribution in [0, 0.1) is 0 Å². The largest absolute Gasteiger partial charge is 0.481 e. The van der Waals surface area contributed by atoms with E-state index in [-0.39, 0.29) is 17.7 Å². The third-order valence-electron chi connectivity index (χ3n) is 2.59. The van der Waals surface area contributed by atoms with Gasteiger partial charge in [0.25, 0.3) is 5.91 Å². The Balaban J connectivity index is 2.29. The van der Waals surface area contributed by atoms with Crippen molar-refractivity contribution in [2.45, 2.75) is 32.6 Å². The van der Waals surface area contributed by atoms with Crippen molar-refractivity contribution in [1.82, 2.24) is 15.5 Å². The maximum Gasteiger partial charge on any atom is 0.304 e. The molecule has 0 aliphatic heterocycles. The summed E-state index contributed by atoms with van der Waals surface area (Å²) in [4.78, 5) is 22.4. The summed E-state index contributed by atoms with van der Waals surface area (Å²) in [5, 5.41) is 18.2. The summed E-state index contributed by atoms with van der Waals surface area (Å²) in [5.41, 5.74) is 1.24. The standard InChI is InChI=1S/C13H21N3O3S2/c1-13(2,3)11-9(8-15-16-11)12(19)14-5-7-21-20-6-4-10(17)18/h8H,4-7H2,1-3H3,(H,14,19)(H,15,16)(H,17,18). The van der Waals surface area contributed by atoms with Crippen molar-refractivity contribution in [3.05, 3.63) is 17.5 Å². The number of amides is 1. The van der Waals surface area contributed by atoms with E-state index in [0.717, 1.165) is 11.4 Å². The van der Waals surface area contributed by atoms with Crippen LogP contribution in [0.2, 0.25) is 0 Å². The average molecular weight is 331 g/mol. The van der Waals surface area contributed by atoms with Crippen molar-refractivity contribution < 1.29 is 14.7 Å². The molecule has 0 aliphatic carbocycles. The molecule has 1 rings (SSSR count). The molecule has 1 amide bonds. The molecule has 8 heteroatoms. The van der Waals surface area contributed by atoms with Crippen LogP contribution in [0.1, 0.15) is 43.2 Å². The molecule has 1 aromatic rings. The number of carboxylic acid groups (broad SMARTS) is 1. The van der Waals surface area contributed by atoms with E-state index >= 15 is 0 Å². The summed E-state index contributed by atoms with van der Waals surface area (Å²) in [6, 6.07) is 0. The van der Waals surface area contributed by atoms with E-state index in [1.54, 1.807) is 17.0 Å². The number of aliphatic carboxylic acids is 1. The van der Waals surface area contributed by atoms with E-state index in [2.05, 4.69) is 15.5 Å². The zero-order chi connectivity index (χ0) is 15.9. The van der Waals surface area contributed by atoms with Gasteiger partial charge in [0.1, 0.15) is 0 Å². The molecule has 6 nitrogen and oxygen atoms in total. The first kappa shape index (κ1) is 17.9. The van der Waals surface area contributed by atoms with Gasteiger partial charge in [-0.3, -0.25) is 14.7 Å². The van der Waals surface area contributed by atoms with Crippen LogP contribution in [0.15, 0.2) is 6.20 Å². The lowest BCUT2D eigenvalue weighted by Crippen LogP contribution is -2.28. The molecule has 0 atom stereocenters. The van der Waals surface area contributed by atoms with E-state index in [0.29, 0.717) is 17.9 Å². The zero-order valence-electron chi connectivity index (χ0n) is 12.4. The summed E-state index contributed by atoms with van der Waals surface area (Å²) < 4.78 is 0. The van der Waals surface area contributed by atoms with E-state index < -0.39 is 5.97 Å². The number of carbonyl (C=O) groups is 2. The molecule has 0 unspecified atom stereocenters. The first-order chi connectivity index (χ1) is 9.82. The predicted molar refractivity (Wildman–Crippen MR) is 86.8 cm³/mol. The Morgan fingerprint density at radius 3 is 2.62 bits per heavy atom. The minimum absolute atomic E-state index is 0.134. The van der Waals surface area contributed by atoms with Crippen molar-refractivity contribution in [2.24, 2.45) is 0 Å². The van der Waals surface area contributed by atoms with Crippen molar-refractivity contribution in [1.29, 1.82) is 0 Å². The molecule has 118 valence electrons. The van der Waals surface area contributed by atoms with E-state index in [1.165, 1.54) is 10.8 Å². The fourth-order valence-electron chi connectivity index (χ4n) is 1.58. The molecule has 1 heterocycles. The molecule has 0 aliphatic rings. The molecular weight excluding hydrogens is 310 g/mol. The molecule has 0 bridgehead atoms. The molecule has 0 spiro atoms. The first-order valence-electron chi connectivity index (χ1n) is 6.60. The normalized spacial score (nSPS) is 11.4. The molecule has 0 radical (unpaired) electrons. The Bertz CT molecular complexity index is 483. The predicted octanol–water partition coefficient (Wildman–Crippen LogP) is 2.29. The topological polar surface area (TPSA) is 95.1 Å². The smallest absolute Gasteiger partial charge is 0.304 e. The summed E-state index contributed by atoms with van der Waals surface area (Å²) in [5.74, 6) is 0.388. The highest BCUT2D eigenvalue weighted by Crippen LogP contribution is 2.23. The molecule has 1 aromatic heterocycles. The number of aromatic amines is 1. The number of nitrogens with one attached hydrogen (secondary N) is 2. The Kier molecular flexibility index (Phi) is 7.10. The fraction of sp³-hybridized carbons (Fsp3) is 0.615.